The van der Waals surface area contributed by atoms with E-state index in [2.05, 4.69) is 20.9 Å². The Balaban J connectivity index is 0.00000162. The number of carbonyl (C=O) groups is 1. The van der Waals surface area contributed by atoms with Gasteiger partial charge in [0, 0.05) is 4.47 Å². The number of hydrogen-bond acceptors (Lipinski definition) is 3. The summed E-state index contributed by atoms with van der Waals surface area (Å²) in [4.78, 5) is 15.1. The minimum absolute atomic E-state index is 0. The largest absolute Gasteiger partial charge is 0.504 e. The Morgan fingerprint density at radius 1 is 1.39 bits per heavy atom. The maximum absolute atomic E-state index is 11.7. The molecule has 0 saturated carbocycles. The summed E-state index contributed by atoms with van der Waals surface area (Å²) in [5.41, 5.74) is 10.6. The van der Waals surface area contributed by atoms with E-state index in [0.29, 0.717) is 9.86 Å². The maximum atomic E-state index is 11.7. The SMILES string of the molecule is Cl.NC(N)=NC(=O)c1coc2c(O)ccc(Br)c12. The van der Waals surface area contributed by atoms with Crippen molar-refractivity contribution in [2.75, 3.05) is 0 Å². The van der Waals surface area contributed by atoms with Gasteiger partial charge in [-0.05, 0) is 12.1 Å². The van der Waals surface area contributed by atoms with Gasteiger partial charge in [-0.1, -0.05) is 15.9 Å². The summed E-state index contributed by atoms with van der Waals surface area (Å²) in [5.74, 6) is -1.03. The molecule has 0 radical (unpaired) electrons. The third-order valence-electron chi connectivity index (χ3n) is 2.11. The molecule has 1 aromatic carbocycles. The highest BCUT2D eigenvalue weighted by atomic mass is 79.9. The molecule has 0 spiro atoms. The van der Waals surface area contributed by atoms with Crippen molar-refractivity contribution in [1.82, 2.24) is 0 Å². The third kappa shape index (κ3) is 2.41. The molecule has 6 nitrogen and oxygen atoms in total. The molecule has 0 aliphatic rings. The molecule has 0 fully saturated rings. The van der Waals surface area contributed by atoms with Gasteiger partial charge in [-0.15, -0.1) is 12.4 Å². The highest BCUT2D eigenvalue weighted by Gasteiger charge is 2.18. The molecule has 2 rings (SSSR count). The molecule has 8 heteroatoms. The van der Waals surface area contributed by atoms with Gasteiger partial charge in [0.2, 0.25) is 0 Å². The van der Waals surface area contributed by atoms with Crippen molar-refractivity contribution >= 4 is 51.2 Å². The molecule has 1 aromatic heterocycles. The van der Waals surface area contributed by atoms with Crippen molar-refractivity contribution in [3.63, 3.8) is 0 Å². The number of carbonyl (C=O) groups excluding carboxylic acids is 1. The summed E-state index contributed by atoms with van der Waals surface area (Å²) < 4.78 is 5.72. The van der Waals surface area contributed by atoms with E-state index in [1.54, 1.807) is 6.07 Å². The normalized spacial score (nSPS) is 9.83. The monoisotopic (exact) mass is 333 g/mol. The van der Waals surface area contributed by atoms with Crippen molar-refractivity contribution in [2.24, 2.45) is 16.5 Å². The number of benzene rings is 1. The molecule has 96 valence electrons. The highest BCUT2D eigenvalue weighted by Crippen LogP contribution is 2.35. The molecule has 0 unspecified atom stereocenters. The van der Waals surface area contributed by atoms with Crippen LogP contribution in [-0.2, 0) is 0 Å². The lowest BCUT2D eigenvalue weighted by Gasteiger charge is -1.98. The molecule has 0 saturated heterocycles. The van der Waals surface area contributed by atoms with Crippen molar-refractivity contribution < 1.29 is 14.3 Å². The van der Waals surface area contributed by atoms with Crippen LogP contribution in [0.15, 0.2) is 32.3 Å². The van der Waals surface area contributed by atoms with E-state index < -0.39 is 5.91 Å². The lowest BCUT2D eigenvalue weighted by atomic mass is 10.1. The second-order valence-corrected chi connectivity index (χ2v) is 4.12. The van der Waals surface area contributed by atoms with Crippen molar-refractivity contribution in [1.29, 1.82) is 0 Å². The van der Waals surface area contributed by atoms with Gasteiger partial charge in [0.05, 0.1) is 10.9 Å². The first-order valence-corrected chi connectivity index (χ1v) is 5.32. The zero-order valence-electron chi connectivity index (χ0n) is 8.88. The van der Waals surface area contributed by atoms with Crippen LogP contribution in [0.25, 0.3) is 11.0 Å². The fourth-order valence-electron chi connectivity index (χ4n) is 1.43. The smallest absolute Gasteiger partial charge is 0.284 e. The number of rotatable bonds is 1. The number of phenols is 1. The van der Waals surface area contributed by atoms with Gasteiger partial charge in [0.1, 0.15) is 6.26 Å². The lowest BCUT2D eigenvalue weighted by molar-refractivity contribution is 0.100. The van der Waals surface area contributed by atoms with Crippen LogP contribution in [0.5, 0.6) is 5.75 Å². The Morgan fingerprint density at radius 2 is 2.06 bits per heavy atom. The molecule has 1 amide bonds. The molecule has 1 heterocycles. The number of phenolic OH excluding ortho intramolecular Hbond substituents is 1. The summed E-state index contributed by atoms with van der Waals surface area (Å²) in [6, 6.07) is 3.05. The predicted octanol–water partition coefficient (Wildman–Crippen LogP) is 1.74. The van der Waals surface area contributed by atoms with Gasteiger partial charge in [-0.3, -0.25) is 4.79 Å². The van der Waals surface area contributed by atoms with E-state index in [-0.39, 0.29) is 35.3 Å². The summed E-state index contributed by atoms with van der Waals surface area (Å²) in [6.45, 7) is 0. The van der Waals surface area contributed by atoms with Crippen LogP contribution < -0.4 is 11.5 Å². The van der Waals surface area contributed by atoms with Crippen LogP contribution in [0.2, 0.25) is 0 Å². The number of halogens is 2. The highest BCUT2D eigenvalue weighted by molar-refractivity contribution is 9.10. The molecular formula is C10H9BrClN3O3. The number of guanidine groups is 1. The molecule has 0 bridgehead atoms. The van der Waals surface area contributed by atoms with E-state index in [1.807, 2.05) is 0 Å². The van der Waals surface area contributed by atoms with Gasteiger partial charge in [-0.2, -0.15) is 4.99 Å². The van der Waals surface area contributed by atoms with Crippen LogP contribution in [0, 0.1) is 0 Å². The standard InChI is InChI=1S/C10H8BrN3O3.ClH/c11-5-1-2-6(15)8-7(5)4(3-17-8)9(16)14-10(12)13;/h1-3,15H,(H4,12,13,14,16);1H. The van der Waals surface area contributed by atoms with E-state index in [4.69, 9.17) is 15.9 Å². The Hall–Kier alpha value is -1.73. The second kappa shape index (κ2) is 5.28. The Labute approximate surface area is 116 Å². The van der Waals surface area contributed by atoms with Crippen molar-refractivity contribution in [3.8, 4) is 5.75 Å². The molecule has 18 heavy (non-hydrogen) atoms. The minimum atomic E-state index is -0.630. The number of amides is 1. The lowest BCUT2D eigenvalue weighted by Crippen LogP contribution is -2.24. The first-order chi connectivity index (χ1) is 8.00. The zero-order valence-corrected chi connectivity index (χ0v) is 11.3. The number of furan rings is 1. The number of fused-ring (bicyclic) bond motifs is 1. The van der Waals surface area contributed by atoms with E-state index in [0.717, 1.165) is 0 Å². The van der Waals surface area contributed by atoms with E-state index in [1.165, 1.54) is 12.3 Å². The quantitative estimate of drug-likeness (QED) is 0.543. The second-order valence-electron chi connectivity index (χ2n) is 3.26. The fourth-order valence-corrected chi connectivity index (χ4v) is 1.96. The number of nitrogens with two attached hydrogens (primary N) is 2. The molecule has 0 aliphatic heterocycles. The van der Waals surface area contributed by atoms with Gasteiger partial charge in [0.15, 0.2) is 17.3 Å². The van der Waals surface area contributed by atoms with Crippen LogP contribution in [0.1, 0.15) is 10.4 Å². The maximum Gasteiger partial charge on any atom is 0.284 e. The van der Waals surface area contributed by atoms with Gasteiger partial charge < -0.3 is 21.0 Å². The Morgan fingerprint density at radius 3 is 2.67 bits per heavy atom. The third-order valence-corrected chi connectivity index (χ3v) is 2.77. The number of nitrogens with zero attached hydrogens (tertiary/aromatic N) is 1. The number of aliphatic imine (C=N–C) groups is 1. The van der Waals surface area contributed by atoms with Crippen LogP contribution in [0.4, 0.5) is 0 Å². The number of aromatic hydroxyl groups is 1. The van der Waals surface area contributed by atoms with Gasteiger partial charge in [-0.25, -0.2) is 0 Å². The molecule has 0 aliphatic carbocycles. The minimum Gasteiger partial charge on any atom is -0.504 e. The van der Waals surface area contributed by atoms with Crippen molar-refractivity contribution in [2.45, 2.75) is 0 Å². The van der Waals surface area contributed by atoms with E-state index >= 15 is 0 Å². The average molecular weight is 335 g/mol. The van der Waals surface area contributed by atoms with Crippen molar-refractivity contribution in [3.05, 3.63) is 28.4 Å². The Bertz CT molecular complexity index is 635. The summed E-state index contributed by atoms with van der Waals surface area (Å²) in [6.07, 6.45) is 1.20. The fraction of sp³-hybridized carbons (Fsp3) is 0. The summed E-state index contributed by atoms with van der Waals surface area (Å²) >= 11 is 3.26. The first kappa shape index (κ1) is 14.3. The van der Waals surface area contributed by atoms with Crippen LogP contribution >= 0.6 is 28.3 Å². The topological polar surface area (TPSA) is 115 Å². The molecule has 0 atom stereocenters. The van der Waals surface area contributed by atoms with Gasteiger partial charge in [0.25, 0.3) is 5.91 Å². The average Bonchev–Trinajstić information content (AvgIpc) is 2.68. The van der Waals surface area contributed by atoms with E-state index in [9.17, 15) is 9.90 Å². The molecule has 5 N–H and O–H groups in total. The summed E-state index contributed by atoms with van der Waals surface area (Å²) in [7, 11) is 0. The zero-order chi connectivity index (χ0) is 12.6. The Kier molecular flexibility index (Phi) is 4.20. The summed E-state index contributed by atoms with van der Waals surface area (Å²) in [5, 5.41) is 9.99. The molecular weight excluding hydrogens is 325 g/mol. The van der Waals surface area contributed by atoms with Crippen LogP contribution in [-0.4, -0.2) is 17.0 Å². The number of hydrogen-bond donors (Lipinski definition) is 3. The predicted molar refractivity (Wildman–Crippen MR) is 73.0 cm³/mol. The molecule has 2 aromatic rings. The van der Waals surface area contributed by atoms with Gasteiger partial charge >= 0.3 is 0 Å². The van der Waals surface area contributed by atoms with Crippen LogP contribution in [0.3, 0.4) is 0 Å². The first-order valence-electron chi connectivity index (χ1n) is 4.53.